The van der Waals surface area contributed by atoms with Crippen LogP contribution in [-0.4, -0.2) is 41.3 Å². The number of hydrogen-bond donors (Lipinski definition) is 2. The number of carbonyl (C=O) groups is 1. The number of aromatic nitrogens is 6. The van der Waals surface area contributed by atoms with E-state index in [1.807, 2.05) is 31.2 Å². The second-order valence-corrected chi connectivity index (χ2v) is 6.80. The lowest BCUT2D eigenvalue weighted by Gasteiger charge is -2.09. The van der Waals surface area contributed by atoms with Gasteiger partial charge in [0.15, 0.2) is 0 Å². The fraction of sp³-hybridized carbons (Fsp3) is 0.357. The van der Waals surface area contributed by atoms with Crippen LogP contribution in [0.2, 0.25) is 0 Å². The molecule has 1 aliphatic rings. The summed E-state index contributed by atoms with van der Waals surface area (Å²) in [6, 6.07) is 8.02. The van der Waals surface area contributed by atoms with E-state index < -0.39 is 0 Å². The van der Waals surface area contributed by atoms with Gasteiger partial charge in [-0.1, -0.05) is 23.9 Å². The van der Waals surface area contributed by atoms with E-state index in [-0.39, 0.29) is 11.2 Å². The molecule has 2 N–H and O–H groups in total. The Balaban J connectivity index is 1.44. The molecule has 9 heteroatoms. The van der Waals surface area contributed by atoms with Gasteiger partial charge in [0.05, 0.1) is 22.3 Å². The first kappa shape index (κ1) is 14.2. The lowest BCUT2D eigenvalue weighted by atomic mass is 10.3. The molecule has 8 nitrogen and oxygen atoms in total. The van der Waals surface area contributed by atoms with Crippen molar-refractivity contribution in [2.45, 2.75) is 36.2 Å². The molecule has 1 aromatic carbocycles. The van der Waals surface area contributed by atoms with Gasteiger partial charge in [0.2, 0.25) is 17.0 Å². The highest BCUT2D eigenvalue weighted by molar-refractivity contribution is 8.00. The average Bonchev–Trinajstić information content (AvgIpc) is 3.14. The summed E-state index contributed by atoms with van der Waals surface area (Å²) in [6.45, 7) is 1.83. The van der Waals surface area contributed by atoms with Gasteiger partial charge in [-0.25, -0.2) is 9.67 Å². The number of aromatic amines is 1. The van der Waals surface area contributed by atoms with Gasteiger partial charge in [-0.15, -0.1) is 5.10 Å². The molecule has 0 spiro atoms. The molecule has 1 unspecified atom stereocenters. The Morgan fingerprint density at radius 2 is 2.26 bits per heavy atom. The summed E-state index contributed by atoms with van der Waals surface area (Å²) >= 11 is 1.35. The first-order chi connectivity index (χ1) is 11.2. The van der Waals surface area contributed by atoms with Crippen LogP contribution in [0, 0.1) is 0 Å². The molecular weight excluding hydrogens is 314 g/mol. The van der Waals surface area contributed by atoms with Crippen molar-refractivity contribution in [1.29, 1.82) is 0 Å². The maximum Gasteiger partial charge on any atom is 0.239 e. The number of para-hydroxylation sites is 2. The Bertz CT molecular complexity index is 821. The molecule has 3 aromatic rings. The number of fused-ring (bicyclic) bond motifs is 1. The van der Waals surface area contributed by atoms with Gasteiger partial charge >= 0.3 is 0 Å². The molecular formula is C14H15N7OS. The molecule has 0 radical (unpaired) electrons. The number of thioether (sulfide) groups is 1. The number of nitrogens with zero attached hydrogens (tertiary/aromatic N) is 5. The van der Waals surface area contributed by atoms with Crippen LogP contribution >= 0.6 is 11.8 Å². The highest BCUT2D eigenvalue weighted by atomic mass is 32.2. The van der Waals surface area contributed by atoms with Gasteiger partial charge in [0, 0.05) is 0 Å². The Labute approximate surface area is 136 Å². The first-order valence-electron chi connectivity index (χ1n) is 7.41. The quantitative estimate of drug-likeness (QED) is 0.694. The Kier molecular flexibility index (Phi) is 3.49. The van der Waals surface area contributed by atoms with Crippen molar-refractivity contribution in [2.75, 3.05) is 5.32 Å². The van der Waals surface area contributed by atoms with Gasteiger partial charge in [0.25, 0.3) is 0 Å². The van der Waals surface area contributed by atoms with E-state index in [9.17, 15) is 4.79 Å². The Morgan fingerprint density at radius 3 is 3.04 bits per heavy atom. The zero-order valence-corrected chi connectivity index (χ0v) is 13.2. The summed E-state index contributed by atoms with van der Waals surface area (Å²) in [5.74, 6) is 0.310. The van der Waals surface area contributed by atoms with Gasteiger partial charge < -0.3 is 4.98 Å². The lowest BCUT2D eigenvalue weighted by molar-refractivity contribution is -0.115. The molecule has 2 aromatic heterocycles. The fourth-order valence-corrected chi connectivity index (χ4v) is 3.11. The van der Waals surface area contributed by atoms with Gasteiger partial charge in [-0.3, -0.25) is 10.1 Å². The molecule has 2 heterocycles. The lowest BCUT2D eigenvalue weighted by Crippen LogP contribution is -2.23. The van der Waals surface area contributed by atoms with Crippen LogP contribution in [0.25, 0.3) is 11.0 Å². The first-order valence-corrected chi connectivity index (χ1v) is 8.29. The number of nitrogens with one attached hydrogen (secondary N) is 2. The van der Waals surface area contributed by atoms with Crippen molar-refractivity contribution < 1.29 is 4.79 Å². The van der Waals surface area contributed by atoms with Crippen molar-refractivity contribution >= 4 is 34.7 Å². The highest BCUT2D eigenvalue weighted by Gasteiger charge is 2.29. The third-order valence-electron chi connectivity index (χ3n) is 3.64. The second kappa shape index (κ2) is 5.65. The number of carbonyl (C=O) groups excluding carboxylic acids is 1. The average molecular weight is 329 g/mol. The van der Waals surface area contributed by atoms with E-state index in [4.69, 9.17) is 0 Å². The fourth-order valence-electron chi connectivity index (χ4n) is 2.25. The predicted molar refractivity (Wildman–Crippen MR) is 86.1 cm³/mol. The molecule has 118 valence electrons. The molecule has 23 heavy (non-hydrogen) atoms. The van der Waals surface area contributed by atoms with Gasteiger partial charge in [-0.05, 0) is 42.3 Å². The summed E-state index contributed by atoms with van der Waals surface area (Å²) in [7, 11) is 0. The second-order valence-electron chi connectivity index (χ2n) is 5.49. The number of anilines is 1. The van der Waals surface area contributed by atoms with Crippen LogP contribution in [0.4, 0.5) is 5.95 Å². The zero-order chi connectivity index (χ0) is 15.8. The largest absolute Gasteiger partial charge is 0.324 e. The predicted octanol–water partition coefficient (Wildman–Crippen LogP) is 2.00. The molecule has 0 aliphatic heterocycles. The van der Waals surface area contributed by atoms with Crippen molar-refractivity contribution in [3.63, 3.8) is 0 Å². The van der Waals surface area contributed by atoms with Crippen LogP contribution in [0.1, 0.15) is 25.8 Å². The van der Waals surface area contributed by atoms with E-state index in [0.717, 1.165) is 23.9 Å². The summed E-state index contributed by atoms with van der Waals surface area (Å²) in [5, 5.41) is 14.8. The van der Waals surface area contributed by atoms with Crippen LogP contribution in [0.3, 0.4) is 0 Å². The van der Waals surface area contributed by atoms with E-state index in [0.29, 0.717) is 17.1 Å². The monoisotopic (exact) mass is 329 g/mol. The number of benzene rings is 1. The molecule has 0 bridgehead atoms. The van der Waals surface area contributed by atoms with Crippen LogP contribution in [-0.2, 0) is 4.79 Å². The van der Waals surface area contributed by atoms with Crippen LogP contribution in [0.15, 0.2) is 29.4 Å². The smallest absolute Gasteiger partial charge is 0.239 e. The summed E-state index contributed by atoms with van der Waals surface area (Å²) < 4.78 is 1.80. The molecule has 1 amide bonds. The van der Waals surface area contributed by atoms with E-state index in [2.05, 4.69) is 30.8 Å². The van der Waals surface area contributed by atoms with Gasteiger partial charge in [-0.2, -0.15) is 0 Å². The van der Waals surface area contributed by atoms with Gasteiger partial charge in [0.1, 0.15) is 0 Å². The molecule has 1 aliphatic carbocycles. The van der Waals surface area contributed by atoms with Crippen LogP contribution < -0.4 is 5.32 Å². The molecule has 1 atom stereocenters. The Hall–Kier alpha value is -2.42. The third kappa shape index (κ3) is 2.91. The minimum atomic E-state index is -0.327. The molecule has 4 rings (SSSR count). The highest BCUT2D eigenvalue weighted by Crippen LogP contribution is 2.37. The SMILES string of the molecule is CC(Sc1nnnn1C1CC1)C(=O)Nc1nc2ccccc2[nH]1. The van der Waals surface area contributed by atoms with Crippen molar-refractivity contribution in [3.05, 3.63) is 24.3 Å². The summed E-state index contributed by atoms with van der Waals surface area (Å²) in [4.78, 5) is 19.8. The third-order valence-corrected chi connectivity index (χ3v) is 4.68. The van der Waals surface area contributed by atoms with Crippen molar-refractivity contribution in [2.24, 2.45) is 0 Å². The zero-order valence-electron chi connectivity index (χ0n) is 12.4. The normalized spacial score (nSPS) is 15.7. The minimum absolute atomic E-state index is 0.139. The van der Waals surface area contributed by atoms with E-state index in [1.165, 1.54) is 11.8 Å². The number of amides is 1. The number of tetrazole rings is 1. The summed E-state index contributed by atoms with van der Waals surface area (Å²) in [6.07, 6.45) is 2.19. The van der Waals surface area contributed by atoms with E-state index >= 15 is 0 Å². The Morgan fingerprint density at radius 1 is 1.43 bits per heavy atom. The van der Waals surface area contributed by atoms with Crippen molar-refractivity contribution in [1.82, 2.24) is 30.2 Å². The van der Waals surface area contributed by atoms with E-state index in [1.54, 1.807) is 4.68 Å². The topological polar surface area (TPSA) is 101 Å². The van der Waals surface area contributed by atoms with Crippen LogP contribution in [0.5, 0.6) is 0 Å². The van der Waals surface area contributed by atoms with Crippen molar-refractivity contribution in [3.8, 4) is 0 Å². The maximum absolute atomic E-state index is 12.3. The molecule has 1 fully saturated rings. The number of H-pyrrole nitrogens is 1. The number of hydrogen-bond acceptors (Lipinski definition) is 6. The minimum Gasteiger partial charge on any atom is -0.324 e. The molecule has 1 saturated carbocycles. The molecule has 0 saturated heterocycles. The standard InChI is InChI=1S/C14H15N7OS/c1-8(23-14-18-19-20-21(14)9-6-7-9)12(22)17-13-15-10-4-2-3-5-11(10)16-13/h2-5,8-9H,6-7H2,1H3,(H2,15,16,17,22). The maximum atomic E-state index is 12.3. The summed E-state index contributed by atoms with van der Waals surface area (Å²) in [5.41, 5.74) is 1.71. The number of rotatable bonds is 5. The number of imidazole rings is 1.